The van der Waals surface area contributed by atoms with Gasteiger partial charge in [-0.25, -0.2) is 4.79 Å². The summed E-state index contributed by atoms with van der Waals surface area (Å²) in [6.07, 6.45) is 0. The Kier molecular flexibility index (Phi) is 3.72. The minimum Gasteiger partial charge on any atom is -0.412 e. The second-order valence-corrected chi connectivity index (χ2v) is 1.95. The van der Waals surface area contributed by atoms with Crippen molar-refractivity contribution in [3.63, 3.8) is 0 Å². The van der Waals surface area contributed by atoms with Crippen molar-refractivity contribution in [3.05, 3.63) is 30.3 Å². The van der Waals surface area contributed by atoms with Crippen molar-refractivity contribution in [1.29, 1.82) is 0 Å². The molecule has 66 valence electrons. The molecule has 0 aliphatic carbocycles. The average Bonchev–Trinajstić information content (AvgIpc) is 2.05. The van der Waals surface area contributed by atoms with Gasteiger partial charge in [0.15, 0.2) is 0 Å². The van der Waals surface area contributed by atoms with Crippen LogP contribution in [0.1, 0.15) is 0 Å². The molecule has 0 atom stereocenters. The molecule has 0 aromatic heterocycles. The summed E-state index contributed by atoms with van der Waals surface area (Å²) in [7, 11) is 0. The van der Waals surface area contributed by atoms with E-state index in [1.54, 1.807) is 18.2 Å². The fourth-order valence-corrected chi connectivity index (χ4v) is 0.686. The number of benzene rings is 1. The third-order valence-electron chi connectivity index (χ3n) is 1.18. The number of amides is 2. The number of halogens is 1. The number of hydrogen-bond acceptors (Lipinski definition) is 1. The number of rotatable bonds is 1. The highest BCUT2D eigenvalue weighted by atomic mass is 19.2. The Labute approximate surface area is 68.6 Å². The maximum absolute atomic E-state index is 12.6. The molecule has 0 bridgehead atoms. The first kappa shape index (κ1) is 10.4. The van der Waals surface area contributed by atoms with Gasteiger partial charge < -0.3 is 11.2 Å². The van der Waals surface area contributed by atoms with Gasteiger partial charge in [0.2, 0.25) is 0 Å². The summed E-state index contributed by atoms with van der Waals surface area (Å²) < 4.78 is 12.6. The van der Waals surface area contributed by atoms with Gasteiger partial charge in [-0.1, -0.05) is 22.7 Å². The second-order valence-electron chi connectivity index (χ2n) is 1.95. The molecule has 0 aliphatic heterocycles. The molecule has 0 radical (unpaired) electrons. The van der Waals surface area contributed by atoms with Gasteiger partial charge in [0.25, 0.3) is 0 Å². The lowest BCUT2D eigenvalue weighted by Gasteiger charge is -2.06. The summed E-state index contributed by atoms with van der Waals surface area (Å²) in [4.78, 5) is 10.3. The van der Waals surface area contributed by atoms with Gasteiger partial charge in [0.05, 0.1) is 5.69 Å². The van der Waals surface area contributed by atoms with Crippen LogP contribution in [-0.4, -0.2) is 11.5 Å². The summed E-state index contributed by atoms with van der Waals surface area (Å²) in [5.74, 6) is 0. The summed E-state index contributed by atoms with van der Waals surface area (Å²) in [6, 6.07) is 6.74. The third kappa shape index (κ3) is 2.21. The highest BCUT2D eigenvalue weighted by Gasteiger charge is 2.08. The van der Waals surface area contributed by atoms with Gasteiger partial charge in [-0.2, -0.15) is 0 Å². The van der Waals surface area contributed by atoms with E-state index >= 15 is 0 Å². The van der Waals surface area contributed by atoms with Gasteiger partial charge in [-0.05, 0) is 12.1 Å². The molecule has 1 aromatic carbocycles. The number of hydrogen-bond donors (Lipinski definition) is 1. The minimum absolute atomic E-state index is 0. The molecule has 2 amide bonds. The fraction of sp³-hybridized carbons (Fsp3) is 0. The Morgan fingerprint density at radius 2 is 1.83 bits per heavy atom. The van der Waals surface area contributed by atoms with Gasteiger partial charge >= 0.3 is 6.03 Å². The van der Waals surface area contributed by atoms with Crippen LogP contribution in [0.2, 0.25) is 0 Å². The number of primary amides is 1. The molecule has 0 saturated heterocycles. The highest BCUT2D eigenvalue weighted by Crippen LogP contribution is 2.12. The van der Waals surface area contributed by atoms with Crippen molar-refractivity contribution >= 4 is 11.7 Å². The van der Waals surface area contributed by atoms with Gasteiger partial charge in [0, 0.05) is 0 Å². The molecule has 4 nitrogen and oxygen atoms in total. The van der Waals surface area contributed by atoms with Crippen molar-refractivity contribution in [2.75, 3.05) is 5.12 Å². The normalized spacial score (nSPS) is 8.42. The molecule has 12 heavy (non-hydrogen) atoms. The number of carbonyl (C=O) groups excluding carboxylic acids is 1. The van der Waals surface area contributed by atoms with E-state index in [0.717, 1.165) is 0 Å². The fourth-order valence-electron chi connectivity index (χ4n) is 0.686. The summed E-state index contributed by atoms with van der Waals surface area (Å²) in [6.45, 7) is 0. The first-order valence-electron chi connectivity index (χ1n) is 3.02. The van der Waals surface area contributed by atoms with Gasteiger partial charge in [-0.15, -0.1) is 5.12 Å². The van der Waals surface area contributed by atoms with E-state index in [-0.39, 0.29) is 16.3 Å². The first-order chi connectivity index (χ1) is 5.22. The third-order valence-corrected chi connectivity index (χ3v) is 1.18. The number of nitrogens with zero attached hydrogens (tertiary/aromatic N) is 1. The Morgan fingerprint density at radius 3 is 2.25 bits per heavy atom. The zero-order valence-electron chi connectivity index (χ0n) is 6.20. The molecule has 0 unspecified atom stereocenters. The molecule has 4 N–H and O–H groups in total. The van der Waals surface area contributed by atoms with Crippen LogP contribution >= 0.6 is 0 Å². The van der Waals surface area contributed by atoms with Crippen molar-refractivity contribution in [2.24, 2.45) is 5.73 Å². The first-order valence-corrected chi connectivity index (χ1v) is 3.02. The Morgan fingerprint density at radius 1 is 1.33 bits per heavy atom. The average molecular weight is 172 g/mol. The van der Waals surface area contributed by atoms with Crippen LogP contribution in [0.3, 0.4) is 0 Å². The molecular formula is C7H9FN2O2. The topological polar surface area (TPSA) is 77.8 Å². The van der Waals surface area contributed by atoms with Crippen LogP contribution in [0.25, 0.3) is 0 Å². The van der Waals surface area contributed by atoms with Crippen molar-refractivity contribution < 1.29 is 14.8 Å². The van der Waals surface area contributed by atoms with Crippen LogP contribution in [0.5, 0.6) is 0 Å². The van der Waals surface area contributed by atoms with E-state index in [0.29, 0.717) is 0 Å². The van der Waals surface area contributed by atoms with E-state index in [2.05, 4.69) is 5.73 Å². The standard InChI is InChI=1S/C7H7FN2O.H2O/c8-10(7(9)11)6-4-2-1-3-5-6;/h1-5H,(H2,9,11);1H2. The largest absolute Gasteiger partial charge is 0.412 e. The predicted octanol–water partition coefficient (Wildman–Crippen LogP) is 0.632. The molecule has 0 saturated carbocycles. The second kappa shape index (κ2) is 4.30. The monoisotopic (exact) mass is 172 g/mol. The van der Waals surface area contributed by atoms with Crippen molar-refractivity contribution in [2.45, 2.75) is 0 Å². The van der Waals surface area contributed by atoms with Crippen LogP contribution in [0.15, 0.2) is 30.3 Å². The lowest BCUT2D eigenvalue weighted by atomic mass is 10.3. The maximum atomic E-state index is 12.6. The number of nitrogens with two attached hydrogens (primary N) is 1. The minimum atomic E-state index is -1.11. The predicted molar refractivity (Wildman–Crippen MR) is 43.2 cm³/mol. The molecule has 0 fully saturated rings. The van der Waals surface area contributed by atoms with Crippen LogP contribution in [-0.2, 0) is 0 Å². The lowest BCUT2D eigenvalue weighted by Crippen LogP contribution is -2.27. The quantitative estimate of drug-likeness (QED) is 0.619. The molecule has 0 aliphatic rings. The zero-order chi connectivity index (χ0) is 8.27. The molecule has 0 spiro atoms. The van der Waals surface area contributed by atoms with E-state index < -0.39 is 6.03 Å². The summed E-state index contributed by atoms with van der Waals surface area (Å²) in [5.41, 5.74) is 4.82. The van der Waals surface area contributed by atoms with Crippen molar-refractivity contribution in [1.82, 2.24) is 0 Å². The van der Waals surface area contributed by atoms with E-state index in [4.69, 9.17) is 0 Å². The summed E-state index contributed by atoms with van der Waals surface area (Å²) >= 11 is 0. The summed E-state index contributed by atoms with van der Waals surface area (Å²) in [5, 5.41) is -0.111. The van der Waals surface area contributed by atoms with E-state index in [1.165, 1.54) is 12.1 Å². The highest BCUT2D eigenvalue weighted by molar-refractivity contribution is 5.88. The maximum Gasteiger partial charge on any atom is 0.347 e. The molecule has 5 heteroatoms. The zero-order valence-corrected chi connectivity index (χ0v) is 6.20. The van der Waals surface area contributed by atoms with E-state index in [1.807, 2.05) is 0 Å². The Hall–Kier alpha value is -1.62. The Balaban J connectivity index is 0.00000121. The van der Waals surface area contributed by atoms with Crippen LogP contribution in [0.4, 0.5) is 15.0 Å². The molecular weight excluding hydrogens is 163 g/mol. The smallest absolute Gasteiger partial charge is 0.347 e. The lowest BCUT2D eigenvalue weighted by molar-refractivity contribution is 0.241. The SMILES string of the molecule is NC(=O)N(F)c1ccccc1.O. The van der Waals surface area contributed by atoms with Gasteiger partial charge in [0.1, 0.15) is 0 Å². The number of carbonyl (C=O) groups is 1. The molecule has 1 rings (SSSR count). The van der Waals surface area contributed by atoms with Crippen molar-refractivity contribution in [3.8, 4) is 0 Å². The van der Waals surface area contributed by atoms with Crippen LogP contribution in [0, 0.1) is 0 Å². The Bertz CT molecular complexity index is 253. The van der Waals surface area contributed by atoms with E-state index in [9.17, 15) is 9.28 Å². The van der Waals surface area contributed by atoms with Crippen LogP contribution < -0.4 is 10.9 Å². The number of urea groups is 1. The molecule has 1 aromatic rings. The number of anilines is 1. The molecule has 0 heterocycles. The number of para-hydroxylation sites is 1. The van der Waals surface area contributed by atoms with Gasteiger partial charge in [-0.3, -0.25) is 0 Å².